The summed E-state index contributed by atoms with van der Waals surface area (Å²) in [4.78, 5) is 34.0. The van der Waals surface area contributed by atoms with E-state index in [-0.39, 0.29) is 17.5 Å². The summed E-state index contributed by atoms with van der Waals surface area (Å²) < 4.78 is 0. The topological polar surface area (TPSA) is 50.3 Å². The minimum atomic E-state index is -0.507. The maximum atomic E-state index is 13.9. The molecule has 0 N–H and O–H groups in total. The molecule has 1 aromatic rings. The second-order valence-electron chi connectivity index (χ2n) is 12.1. The van der Waals surface area contributed by atoms with E-state index in [0.29, 0.717) is 30.4 Å². The van der Waals surface area contributed by atoms with Crippen molar-refractivity contribution in [2.75, 3.05) is 11.4 Å². The molecule has 0 bridgehead atoms. The van der Waals surface area contributed by atoms with E-state index in [0.717, 1.165) is 44.5 Å². The Morgan fingerprint density at radius 3 is 2.53 bits per heavy atom. The van der Waals surface area contributed by atoms with Gasteiger partial charge in [-0.1, -0.05) is 84.6 Å². The maximum absolute atomic E-state index is 13.9. The molecule has 0 radical (unpaired) electrons. The highest BCUT2D eigenvalue weighted by molar-refractivity contribution is 5.97. The van der Waals surface area contributed by atoms with E-state index in [1.807, 2.05) is 26.1 Å². The summed E-state index contributed by atoms with van der Waals surface area (Å²) in [6.07, 6.45) is 18.3. The molecule has 0 aliphatic heterocycles. The average molecular weight is 493 g/mol. The Bertz CT molecular complexity index is 924. The van der Waals surface area contributed by atoms with Crippen LogP contribution in [0.3, 0.4) is 0 Å². The molecule has 2 aliphatic rings. The van der Waals surface area contributed by atoms with Gasteiger partial charge >= 0.3 is 0 Å². The molecule has 1 fully saturated rings. The number of hydrogen-bond acceptors (Lipinski definition) is 4. The number of allylic oxidation sites excluding steroid dienone is 2. The summed E-state index contributed by atoms with van der Waals surface area (Å²) in [6, 6.07) is 4.09. The number of ketones is 2. The smallest absolute Gasteiger partial charge is 0.184 e. The molecule has 36 heavy (non-hydrogen) atoms. The fraction of sp³-hybridized carbons (Fsp3) is 0.656. The van der Waals surface area contributed by atoms with Gasteiger partial charge in [0, 0.05) is 24.3 Å². The number of rotatable bonds is 8. The summed E-state index contributed by atoms with van der Waals surface area (Å²) >= 11 is 0. The molecule has 0 spiro atoms. The Hall–Kier alpha value is -2.23. The van der Waals surface area contributed by atoms with Crippen molar-refractivity contribution < 1.29 is 9.59 Å². The van der Waals surface area contributed by atoms with Gasteiger partial charge in [-0.15, -0.1) is 0 Å². The van der Waals surface area contributed by atoms with E-state index < -0.39 is 5.41 Å². The van der Waals surface area contributed by atoms with Crippen LogP contribution in [0.4, 0.5) is 5.82 Å². The third-order valence-corrected chi connectivity index (χ3v) is 8.01. The van der Waals surface area contributed by atoms with Crippen molar-refractivity contribution in [3.05, 3.63) is 48.3 Å². The van der Waals surface area contributed by atoms with Crippen LogP contribution in [0.15, 0.2) is 37.1 Å². The van der Waals surface area contributed by atoms with Crippen LogP contribution >= 0.6 is 0 Å². The van der Waals surface area contributed by atoms with Gasteiger partial charge in [0.15, 0.2) is 5.78 Å². The molecule has 1 heterocycles. The van der Waals surface area contributed by atoms with Crippen LogP contribution in [0, 0.1) is 23.2 Å². The van der Waals surface area contributed by atoms with E-state index in [1.165, 1.54) is 37.7 Å². The standard InChI is InChI=1S/C32H48N2O2/c1-6-34(23-24(2)3)31-26(21-25-15-11-10-12-16-25)19-20-28(33-31)30(36)27-17-13-8-7-9-14-18-29(35)32(4,5)22-27/h6-7,9,19-20,24-25,27H,1,8,10-18,21-23H2,2-5H3/b9-7+. The van der Waals surface area contributed by atoms with Gasteiger partial charge in [-0.2, -0.15) is 0 Å². The minimum Gasteiger partial charge on any atom is -0.333 e. The Kier molecular flexibility index (Phi) is 10.5. The third-order valence-electron chi connectivity index (χ3n) is 8.01. The number of pyridine rings is 1. The van der Waals surface area contributed by atoms with E-state index >= 15 is 0 Å². The number of Topliss-reactive ketones (excluding diaryl/α,β-unsaturated/α-hetero) is 2. The lowest BCUT2D eigenvalue weighted by atomic mass is 9.75. The quantitative estimate of drug-likeness (QED) is 0.272. The fourth-order valence-corrected chi connectivity index (χ4v) is 5.90. The second-order valence-corrected chi connectivity index (χ2v) is 12.1. The molecule has 0 aromatic carbocycles. The number of carbonyl (C=O) groups excluding carboxylic acids is 2. The van der Waals surface area contributed by atoms with Gasteiger partial charge in [-0.05, 0) is 68.2 Å². The molecule has 0 saturated heterocycles. The molecule has 4 heteroatoms. The first kappa shape index (κ1) is 28.3. The van der Waals surface area contributed by atoms with Crippen LogP contribution in [0.25, 0.3) is 0 Å². The number of anilines is 1. The first-order chi connectivity index (χ1) is 17.2. The highest BCUT2D eigenvalue weighted by atomic mass is 16.1. The monoisotopic (exact) mass is 492 g/mol. The second kappa shape index (κ2) is 13.4. The predicted octanol–water partition coefficient (Wildman–Crippen LogP) is 8.11. The normalized spacial score (nSPS) is 22.6. The molecule has 3 rings (SSSR count). The number of carbonyl (C=O) groups is 2. The Balaban J connectivity index is 1.92. The fourth-order valence-electron chi connectivity index (χ4n) is 5.90. The van der Waals surface area contributed by atoms with Crippen LogP contribution in [0.2, 0.25) is 0 Å². The summed E-state index contributed by atoms with van der Waals surface area (Å²) in [6.45, 7) is 13.3. The molecule has 198 valence electrons. The zero-order valence-electron chi connectivity index (χ0n) is 23.2. The lowest BCUT2D eigenvalue weighted by molar-refractivity contribution is -0.127. The van der Waals surface area contributed by atoms with Crippen molar-refractivity contribution >= 4 is 17.4 Å². The van der Waals surface area contributed by atoms with E-state index in [9.17, 15) is 9.59 Å². The van der Waals surface area contributed by atoms with Gasteiger partial charge in [-0.25, -0.2) is 4.98 Å². The van der Waals surface area contributed by atoms with Crippen LogP contribution in [-0.2, 0) is 11.2 Å². The molecule has 2 aliphatic carbocycles. The van der Waals surface area contributed by atoms with Gasteiger partial charge in [0.2, 0.25) is 0 Å². The van der Waals surface area contributed by atoms with Crippen LogP contribution in [-0.4, -0.2) is 23.1 Å². The molecule has 0 amide bonds. The third kappa shape index (κ3) is 7.88. The van der Waals surface area contributed by atoms with Gasteiger partial charge < -0.3 is 4.90 Å². The molecule has 1 atom stereocenters. The largest absolute Gasteiger partial charge is 0.333 e. The molecular formula is C32H48N2O2. The van der Waals surface area contributed by atoms with Crippen molar-refractivity contribution in [3.63, 3.8) is 0 Å². The summed E-state index contributed by atoms with van der Waals surface area (Å²) in [5.74, 6) is 2.17. The first-order valence-corrected chi connectivity index (χ1v) is 14.3. The Labute approximate surface area is 219 Å². The summed E-state index contributed by atoms with van der Waals surface area (Å²) in [7, 11) is 0. The van der Waals surface area contributed by atoms with Crippen LogP contribution in [0.1, 0.15) is 114 Å². The Morgan fingerprint density at radius 1 is 1.11 bits per heavy atom. The maximum Gasteiger partial charge on any atom is 0.184 e. The molecule has 1 unspecified atom stereocenters. The van der Waals surface area contributed by atoms with Crippen LogP contribution < -0.4 is 4.90 Å². The lowest BCUT2D eigenvalue weighted by Crippen LogP contribution is -2.31. The predicted molar refractivity (Wildman–Crippen MR) is 150 cm³/mol. The van der Waals surface area contributed by atoms with Crippen molar-refractivity contribution in [2.24, 2.45) is 23.2 Å². The number of aromatic nitrogens is 1. The van der Waals surface area contributed by atoms with E-state index in [2.05, 4.69) is 43.5 Å². The number of nitrogens with zero attached hydrogens (tertiary/aromatic N) is 2. The van der Waals surface area contributed by atoms with E-state index in [1.54, 1.807) is 0 Å². The van der Waals surface area contributed by atoms with Crippen molar-refractivity contribution in [1.82, 2.24) is 4.98 Å². The van der Waals surface area contributed by atoms with Crippen molar-refractivity contribution in [2.45, 2.75) is 105 Å². The van der Waals surface area contributed by atoms with Gasteiger partial charge in [0.25, 0.3) is 0 Å². The SMILES string of the molecule is C=CN(CC(C)C)c1nc(C(=O)C2CCC/C=C/CCC(=O)C(C)(C)C2)ccc1CC1CCCCC1. The molecule has 4 nitrogen and oxygen atoms in total. The van der Waals surface area contributed by atoms with Crippen molar-refractivity contribution in [1.29, 1.82) is 0 Å². The highest BCUT2D eigenvalue weighted by Crippen LogP contribution is 2.35. The van der Waals surface area contributed by atoms with E-state index in [4.69, 9.17) is 4.98 Å². The zero-order chi connectivity index (χ0) is 26.1. The first-order valence-electron chi connectivity index (χ1n) is 14.3. The minimum absolute atomic E-state index is 0.0816. The number of hydrogen-bond donors (Lipinski definition) is 0. The van der Waals surface area contributed by atoms with Crippen molar-refractivity contribution in [3.8, 4) is 0 Å². The molecule has 1 saturated carbocycles. The molecule has 1 aromatic heterocycles. The lowest BCUT2D eigenvalue weighted by Gasteiger charge is -2.29. The highest BCUT2D eigenvalue weighted by Gasteiger charge is 2.34. The summed E-state index contributed by atoms with van der Waals surface area (Å²) in [5, 5.41) is 0. The zero-order valence-corrected chi connectivity index (χ0v) is 23.2. The van der Waals surface area contributed by atoms with Gasteiger partial charge in [0.1, 0.15) is 17.3 Å². The van der Waals surface area contributed by atoms with Gasteiger partial charge in [0.05, 0.1) is 0 Å². The average Bonchev–Trinajstić information content (AvgIpc) is 2.88. The summed E-state index contributed by atoms with van der Waals surface area (Å²) in [5.41, 5.74) is 1.25. The van der Waals surface area contributed by atoms with Crippen LogP contribution in [0.5, 0.6) is 0 Å². The Morgan fingerprint density at radius 2 is 1.83 bits per heavy atom. The van der Waals surface area contributed by atoms with Gasteiger partial charge in [-0.3, -0.25) is 9.59 Å². The molecular weight excluding hydrogens is 444 g/mol.